The number of hydrogen-bond donors (Lipinski definition) is 1. The monoisotopic (exact) mass is 339 g/mol. The van der Waals surface area contributed by atoms with E-state index in [1.54, 1.807) is 0 Å². The van der Waals surface area contributed by atoms with Crippen molar-refractivity contribution in [3.8, 4) is 0 Å². The molecule has 3 heteroatoms. The van der Waals surface area contributed by atoms with E-state index in [2.05, 4.69) is 6.08 Å². The molecule has 0 aliphatic heterocycles. The zero-order chi connectivity index (χ0) is 16.2. The van der Waals surface area contributed by atoms with Gasteiger partial charge >= 0.3 is 0 Å². The second-order valence-corrected chi connectivity index (χ2v) is 6.11. The lowest BCUT2D eigenvalue weighted by Crippen LogP contribution is -1.89. The molecule has 0 spiro atoms. The Morgan fingerprint density at radius 2 is 1.26 bits per heavy atom. The smallest absolute Gasteiger partial charge is 0.0406 e. The van der Waals surface area contributed by atoms with Crippen LogP contribution >= 0.6 is 23.2 Å². The maximum atomic E-state index is 6.01. The fourth-order valence-electron chi connectivity index (χ4n) is 2.41. The van der Waals surface area contributed by atoms with Crippen LogP contribution in [0.2, 0.25) is 10.0 Å². The van der Waals surface area contributed by atoms with Gasteiger partial charge in [0.25, 0.3) is 0 Å². The molecule has 0 saturated carbocycles. The van der Waals surface area contributed by atoms with Crippen molar-refractivity contribution < 1.29 is 0 Å². The van der Waals surface area contributed by atoms with E-state index in [0.717, 1.165) is 28.0 Å². The maximum Gasteiger partial charge on any atom is 0.0406 e. The highest BCUT2D eigenvalue weighted by atomic mass is 35.5. The topological polar surface area (TPSA) is 26.0 Å². The Morgan fingerprint density at radius 1 is 0.739 bits per heavy atom. The third-order valence-electron chi connectivity index (χ3n) is 3.53. The predicted octanol–water partition coefficient (Wildman–Crippen LogP) is 6.16. The Morgan fingerprint density at radius 3 is 1.74 bits per heavy atom. The van der Waals surface area contributed by atoms with Crippen LogP contribution in [0.1, 0.15) is 16.7 Å². The first-order chi connectivity index (χ1) is 11.1. The summed E-state index contributed by atoms with van der Waals surface area (Å²) >= 11 is 12.0. The second kappa shape index (κ2) is 6.91. The van der Waals surface area contributed by atoms with Crippen LogP contribution in [0.4, 0.5) is 5.69 Å². The molecule has 3 aromatic rings. The minimum atomic E-state index is 0.716. The Bertz CT molecular complexity index is 787. The van der Waals surface area contributed by atoms with Crippen molar-refractivity contribution in [3.05, 3.63) is 99.5 Å². The molecule has 0 aliphatic carbocycles. The van der Waals surface area contributed by atoms with Crippen LogP contribution in [-0.2, 0) is 0 Å². The van der Waals surface area contributed by atoms with Gasteiger partial charge in [-0.3, -0.25) is 0 Å². The lowest BCUT2D eigenvalue weighted by molar-refractivity contribution is 1.55. The van der Waals surface area contributed by atoms with Crippen molar-refractivity contribution in [3.63, 3.8) is 0 Å². The highest BCUT2D eigenvalue weighted by molar-refractivity contribution is 6.31. The summed E-state index contributed by atoms with van der Waals surface area (Å²) in [6, 6.07) is 23.4. The first-order valence-corrected chi connectivity index (χ1v) is 7.96. The van der Waals surface area contributed by atoms with E-state index in [1.165, 1.54) is 0 Å². The van der Waals surface area contributed by atoms with Crippen molar-refractivity contribution in [1.82, 2.24) is 0 Å². The van der Waals surface area contributed by atoms with Gasteiger partial charge in [-0.1, -0.05) is 59.6 Å². The second-order valence-electron chi connectivity index (χ2n) is 5.24. The molecule has 0 aromatic heterocycles. The molecule has 0 saturated heterocycles. The molecular weight excluding hydrogens is 325 g/mol. The van der Waals surface area contributed by atoms with Gasteiger partial charge in [-0.2, -0.15) is 0 Å². The largest absolute Gasteiger partial charge is 0.399 e. The molecule has 0 atom stereocenters. The van der Waals surface area contributed by atoms with Crippen LogP contribution in [0.3, 0.4) is 0 Å². The molecule has 2 N–H and O–H groups in total. The van der Waals surface area contributed by atoms with Crippen molar-refractivity contribution in [1.29, 1.82) is 0 Å². The molecule has 0 unspecified atom stereocenters. The highest BCUT2D eigenvalue weighted by Gasteiger charge is 2.06. The third kappa shape index (κ3) is 3.95. The number of halogens is 2. The SMILES string of the molecule is Nc1cccc(C=C(c2ccc(Cl)cc2)c2ccc(Cl)cc2)c1. The minimum absolute atomic E-state index is 0.716. The summed E-state index contributed by atoms with van der Waals surface area (Å²) in [6.45, 7) is 0. The first-order valence-electron chi connectivity index (χ1n) is 7.21. The Labute approximate surface area is 146 Å². The molecule has 0 amide bonds. The lowest BCUT2D eigenvalue weighted by Gasteiger charge is -2.10. The van der Waals surface area contributed by atoms with E-state index in [4.69, 9.17) is 28.9 Å². The van der Waals surface area contributed by atoms with Crippen LogP contribution < -0.4 is 5.73 Å². The number of benzene rings is 3. The van der Waals surface area contributed by atoms with Gasteiger partial charge in [0.2, 0.25) is 0 Å². The summed E-state index contributed by atoms with van der Waals surface area (Å²) in [7, 11) is 0. The van der Waals surface area contributed by atoms with Gasteiger partial charge in [-0.15, -0.1) is 0 Å². The fraction of sp³-hybridized carbons (Fsp3) is 0. The van der Waals surface area contributed by atoms with Gasteiger partial charge < -0.3 is 5.73 Å². The normalized spacial score (nSPS) is 10.3. The number of rotatable bonds is 3. The molecule has 23 heavy (non-hydrogen) atoms. The Balaban J connectivity index is 2.13. The van der Waals surface area contributed by atoms with Gasteiger partial charge in [0.1, 0.15) is 0 Å². The van der Waals surface area contributed by atoms with Crippen molar-refractivity contribution >= 4 is 40.5 Å². The van der Waals surface area contributed by atoms with E-state index < -0.39 is 0 Å². The van der Waals surface area contributed by atoms with Crippen LogP contribution in [-0.4, -0.2) is 0 Å². The molecule has 0 aliphatic rings. The zero-order valence-electron chi connectivity index (χ0n) is 12.3. The standard InChI is InChI=1S/C20H15Cl2N/c21-17-8-4-15(5-9-17)20(16-6-10-18(22)11-7-16)13-14-2-1-3-19(23)12-14/h1-13H,23H2. The zero-order valence-corrected chi connectivity index (χ0v) is 13.9. The summed E-state index contributed by atoms with van der Waals surface area (Å²) < 4.78 is 0. The number of nitrogen functional groups attached to an aromatic ring is 1. The number of nitrogens with two attached hydrogens (primary N) is 1. The predicted molar refractivity (Wildman–Crippen MR) is 101 cm³/mol. The average molecular weight is 340 g/mol. The molecule has 0 radical (unpaired) electrons. The van der Waals surface area contributed by atoms with Gasteiger partial charge in [0, 0.05) is 15.7 Å². The van der Waals surface area contributed by atoms with E-state index in [1.807, 2.05) is 72.8 Å². The molecule has 1 nitrogen and oxygen atoms in total. The summed E-state index contributed by atoms with van der Waals surface area (Å²) in [5.41, 5.74) is 10.9. The maximum absolute atomic E-state index is 6.01. The van der Waals surface area contributed by atoms with E-state index in [0.29, 0.717) is 10.0 Å². The van der Waals surface area contributed by atoms with Crippen molar-refractivity contribution in [2.45, 2.75) is 0 Å². The molecule has 3 rings (SSSR count). The lowest BCUT2D eigenvalue weighted by atomic mass is 9.95. The molecule has 0 heterocycles. The van der Waals surface area contributed by atoms with Crippen molar-refractivity contribution in [2.75, 3.05) is 5.73 Å². The molecular formula is C20H15Cl2N. The van der Waals surface area contributed by atoms with Gasteiger partial charge in [0.05, 0.1) is 0 Å². The summed E-state index contributed by atoms with van der Waals surface area (Å²) in [5, 5.41) is 1.43. The van der Waals surface area contributed by atoms with Crippen LogP contribution in [0.5, 0.6) is 0 Å². The van der Waals surface area contributed by atoms with Gasteiger partial charge in [-0.25, -0.2) is 0 Å². The fourth-order valence-corrected chi connectivity index (χ4v) is 2.66. The summed E-state index contributed by atoms with van der Waals surface area (Å²) in [5.74, 6) is 0. The minimum Gasteiger partial charge on any atom is -0.399 e. The Hall–Kier alpha value is -2.22. The molecule has 0 fully saturated rings. The molecule has 0 bridgehead atoms. The summed E-state index contributed by atoms with van der Waals surface area (Å²) in [6.07, 6.45) is 2.11. The van der Waals surface area contributed by atoms with E-state index in [-0.39, 0.29) is 0 Å². The molecule has 114 valence electrons. The number of anilines is 1. The highest BCUT2D eigenvalue weighted by Crippen LogP contribution is 2.28. The summed E-state index contributed by atoms with van der Waals surface area (Å²) in [4.78, 5) is 0. The third-order valence-corrected chi connectivity index (χ3v) is 4.04. The van der Waals surface area contributed by atoms with Crippen molar-refractivity contribution in [2.24, 2.45) is 0 Å². The van der Waals surface area contributed by atoms with E-state index >= 15 is 0 Å². The Kier molecular flexibility index (Phi) is 4.71. The van der Waals surface area contributed by atoms with Crippen LogP contribution in [0.15, 0.2) is 72.8 Å². The van der Waals surface area contributed by atoms with Crippen LogP contribution in [0.25, 0.3) is 11.6 Å². The van der Waals surface area contributed by atoms with Gasteiger partial charge in [0.15, 0.2) is 0 Å². The quantitative estimate of drug-likeness (QED) is 0.448. The molecule has 3 aromatic carbocycles. The average Bonchev–Trinajstić information content (AvgIpc) is 2.55. The van der Waals surface area contributed by atoms with Crippen LogP contribution in [0, 0.1) is 0 Å². The number of hydrogen-bond acceptors (Lipinski definition) is 1. The van der Waals surface area contributed by atoms with Gasteiger partial charge in [-0.05, 0) is 64.7 Å². The van der Waals surface area contributed by atoms with E-state index in [9.17, 15) is 0 Å². The first kappa shape index (κ1) is 15.7.